The third-order valence-electron chi connectivity index (χ3n) is 3.68. The van der Waals surface area contributed by atoms with Crippen molar-refractivity contribution in [2.45, 2.75) is 0 Å². The largest absolute Gasteiger partial charge is 0.255 e. The van der Waals surface area contributed by atoms with E-state index in [9.17, 15) is 0 Å². The van der Waals surface area contributed by atoms with Gasteiger partial charge < -0.3 is 0 Å². The fourth-order valence-electron chi connectivity index (χ4n) is 2.66. The van der Waals surface area contributed by atoms with E-state index in [1.165, 1.54) is 21.7 Å². The van der Waals surface area contributed by atoms with Crippen LogP contribution in [0.3, 0.4) is 0 Å². The van der Waals surface area contributed by atoms with Crippen molar-refractivity contribution >= 4 is 21.7 Å². The average molecular weight is 255 g/mol. The molecule has 4 rings (SSSR count). The lowest BCUT2D eigenvalue weighted by atomic mass is 10.0. The van der Waals surface area contributed by atoms with Crippen molar-refractivity contribution in [1.29, 1.82) is 0 Å². The van der Waals surface area contributed by atoms with Crippen LogP contribution in [0.1, 0.15) is 0 Å². The Hall–Kier alpha value is -2.67. The monoisotopic (exact) mass is 255 g/mol. The second-order valence-corrected chi connectivity index (χ2v) is 4.95. The maximum atomic E-state index is 4.69. The lowest BCUT2D eigenvalue weighted by Gasteiger charge is -2.06. The second-order valence-electron chi connectivity index (χ2n) is 4.95. The molecule has 1 nitrogen and oxygen atoms in total. The molecule has 0 saturated heterocycles. The lowest BCUT2D eigenvalue weighted by Crippen LogP contribution is -1.84. The summed E-state index contributed by atoms with van der Waals surface area (Å²) < 4.78 is 0. The first-order valence-corrected chi connectivity index (χ1v) is 6.75. The Balaban J connectivity index is 1.99. The van der Waals surface area contributed by atoms with Gasteiger partial charge in [0.25, 0.3) is 0 Å². The van der Waals surface area contributed by atoms with E-state index >= 15 is 0 Å². The van der Waals surface area contributed by atoms with E-state index in [0.29, 0.717) is 0 Å². The highest BCUT2D eigenvalue weighted by Crippen LogP contribution is 2.27. The van der Waals surface area contributed by atoms with Crippen molar-refractivity contribution in [3.63, 3.8) is 0 Å². The van der Waals surface area contributed by atoms with Gasteiger partial charge in [-0.1, -0.05) is 66.7 Å². The molecule has 0 fully saturated rings. The Kier molecular flexibility index (Phi) is 2.49. The minimum Gasteiger partial charge on any atom is -0.255 e. The Morgan fingerprint density at radius 2 is 1.35 bits per heavy atom. The van der Waals surface area contributed by atoms with E-state index in [2.05, 4.69) is 71.7 Å². The number of pyridine rings is 1. The first kappa shape index (κ1) is 11.2. The van der Waals surface area contributed by atoms with Gasteiger partial charge in [0, 0.05) is 22.5 Å². The molecule has 4 aromatic rings. The van der Waals surface area contributed by atoms with Crippen LogP contribution in [0.4, 0.5) is 0 Å². The molecule has 3 aromatic carbocycles. The van der Waals surface area contributed by atoms with Gasteiger partial charge in [-0.2, -0.15) is 0 Å². The van der Waals surface area contributed by atoms with Gasteiger partial charge >= 0.3 is 0 Å². The van der Waals surface area contributed by atoms with Crippen LogP contribution in [0.25, 0.3) is 32.8 Å². The van der Waals surface area contributed by atoms with Gasteiger partial charge in [0.1, 0.15) is 0 Å². The predicted octanol–water partition coefficient (Wildman–Crippen LogP) is 5.06. The van der Waals surface area contributed by atoms with E-state index < -0.39 is 0 Å². The third-order valence-corrected chi connectivity index (χ3v) is 3.68. The van der Waals surface area contributed by atoms with Crippen LogP contribution in [-0.2, 0) is 0 Å². The van der Waals surface area contributed by atoms with Crippen molar-refractivity contribution in [3.8, 4) is 11.1 Å². The molecular weight excluding hydrogens is 242 g/mol. The van der Waals surface area contributed by atoms with Crippen LogP contribution < -0.4 is 0 Å². The lowest BCUT2D eigenvalue weighted by molar-refractivity contribution is 1.42. The zero-order chi connectivity index (χ0) is 13.4. The van der Waals surface area contributed by atoms with Gasteiger partial charge in [0.05, 0.1) is 5.52 Å². The van der Waals surface area contributed by atoms with Crippen LogP contribution in [0.15, 0.2) is 79.0 Å². The molecule has 0 aliphatic rings. The number of benzene rings is 3. The van der Waals surface area contributed by atoms with E-state index in [4.69, 9.17) is 0 Å². The molecule has 0 amide bonds. The summed E-state index contributed by atoms with van der Waals surface area (Å²) in [7, 11) is 0. The maximum Gasteiger partial charge on any atom is 0.0780 e. The van der Waals surface area contributed by atoms with Crippen molar-refractivity contribution in [1.82, 2.24) is 4.98 Å². The van der Waals surface area contributed by atoms with Crippen LogP contribution in [-0.4, -0.2) is 4.98 Å². The molecule has 94 valence electrons. The molecule has 1 heterocycles. The standard InChI is InChI=1S/C19H13N/c1-2-6-14(7-3-1)17-12-16-11-10-15-8-4-5-9-18(15)19(16)20-13-17/h1-13H. The third kappa shape index (κ3) is 1.76. The molecule has 1 heteroatoms. The molecule has 0 unspecified atom stereocenters. The quantitative estimate of drug-likeness (QED) is 0.433. The number of nitrogens with zero attached hydrogens (tertiary/aromatic N) is 1. The zero-order valence-corrected chi connectivity index (χ0v) is 11.0. The molecule has 1 aromatic heterocycles. The first-order chi connectivity index (χ1) is 9.92. The fourth-order valence-corrected chi connectivity index (χ4v) is 2.66. The summed E-state index contributed by atoms with van der Waals surface area (Å²) >= 11 is 0. The molecule has 0 bridgehead atoms. The summed E-state index contributed by atoms with van der Waals surface area (Å²) in [5.74, 6) is 0. The van der Waals surface area contributed by atoms with E-state index in [-0.39, 0.29) is 0 Å². The normalized spacial score (nSPS) is 11.0. The Morgan fingerprint density at radius 1 is 0.600 bits per heavy atom. The van der Waals surface area contributed by atoms with Crippen molar-refractivity contribution < 1.29 is 0 Å². The van der Waals surface area contributed by atoms with E-state index in [0.717, 1.165) is 11.1 Å². The fraction of sp³-hybridized carbons (Fsp3) is 0. The SMILES string of the molecule is c1ccc(-c2cnc3c(ccc4ccccc43)c2)cc1. The van der Waals surface area contributed by atoms with Gasteiger partial charge in [-0.15, -0.1) is 0 Å². The van der Waals surface area contributed by atoms with Gasteiger partial charge in [-0.05, 0) is 17.0 Å². The van der Waals surface area contributed by atoms with E-state index in [1.54, 1.807) is 0 Å². The van der Waals surface area contributed by atoms with Crippen molar-refractivity contribution in [3.05, 3.63) is 79.0 Å². The molecule has 0 aliphatic carbocycles. The first-order valence-electron chi connectivity index (χ1n) is 6.75. The summed E-state index contributed by atoms with van der Waals surface area (Å²) in [4.78, 5) is 4.69. The molecule has 0 radical (unpaired) electrons. The Labute approximate surface area is 117 Å². The second kappa shape index (κ2) is 4.46. The predicted molar refractivity (Wildman–Crippen MR) is 84.7 cm³/mol. The topological polar surface area (TPSA) is 12.9 Å². The Bertz CT molecular complexity index is 895. The number of hydrogen-bond donors (Lipinski definition) is 0. The molecule has 0 spiro atoms. The molecule has 0 N–H and O–H groups in total. The minimum absolute atomic E-state index is 1.07. The summed E-state index contributed by atoms with van der Waals surface area (Å²) in [6.07, 6.45) is 1.96. The molecule has 0 atom stereocenters. The summed E-state index contributed by atoms with van der Waals surface area (Å²) in [6.45, 7) is 0. The van der Waals surface area contributed by atoms with Gasteiger partial charge in [0.2, 0.25) is 0 Å². The van der Waals surface area contributed by atoms with Crippen molar-refractivity contribution in [2.24, 2.45) is 0 Å². The van der Waals surface area contributed by atoms with Gasteiger partial charge in [0.15, 0.2) is 0 Å². The number of fused-ring (bicyclic) bond motifs is 3. The highest BCUT2D eigenvalue weighted by Gasteiger charge is 2.03. The summed E-state index contributed by atoms with van der Waals surface area (Å²) in [5, 5.41) is 3.63. The van der Waals surface area contributed by atoms with Crippen molar-refractivity contribution in [2.75, 3.05) is 0 Å². The zero-order valence-electron chi connectivity index (χ0n) is 11.0. The smallest absolute Gasteiger partial charge is 0.0780 e. The van der Waals surface area contributed by atoms with Crippen LogP contribution >= 0.6 is 0 Å². The van der Waals surface area contributed by atoms with E-state index in [1.807, 2.05) is 12.3 Å². The maximum absolute atomic E-state index is 4.69. The highest BCUT2D eigenvalue weighted by atomic mass is 14.7. The van der Waals surface area contributed by atoms with Crippen LogP contribution in [0, 0.1) is 0 Å². The Morgan fingerprint density at radius 3 is 2.25 bits per heavy atom. The molecule has 0 saturated carbocycles. The van der Waals surface area contributed by atoms with Crippen LogP contribution in [0.2, 0.25) is 0 Å². The number of hydrogen-bond acceptors (Lipinski definition) is 1. The summed E-state index contributed by atoms with van der Waals surface area (Å²) in [6, 6.07) is 25.3. The minimum atomic E-state index is 1.07. The average Bonchev–Trinajstić information content (AvgIpc) is 2.55. The molecular formula is C19H13N. The number of rotatable bonds is 1. The highest BCUT2D eigenvalue weighted by molar-refractivity contribution is 6.05. The molecule has 0 aliphatic heterocycles. The number of aromatic nitrogens is 1. The van der Waals surface area contributed by atoms with Gasteiger partial charge in [-0.25, -0.2) is 0 Å². The summed E-state index contributed by atoms with van der Waals surface area (Å²) in [5.41, 5.74) is 3.44. The van der Waals surface area contributed by atoms with Gasteiger partial charge in [-0.3, -0.25) is 4.98 Å². The molecule has 20 heavy (non-hydrogen) atoms. The van der Waals surface area contributed by atoms with Crippen LogP contribution in [0.5, 0.6) is 0 Å².